The van der Waals surface area contributed by atoms with Gasteiger partial charge in [0.2, 0.25) is 5.95 Å². The second-order valence-electron chi connectivity index (χ2n) is 9.13. The molecule has 0 saturated carbocycles. The minimum absolute atomic E-state index is 0.264. The van der Waals surface area contributed by atoms with Crippen molar-refractivity contribution >= 4 is 12.0 Å². The monoisotopic (exact) mass is 410 g/mol. The Bertz CT molecular complexity index is 958. The maximum atomic E-state index is 5.59. The molecule has 0 aliphatic rings. The molecule has 0 spiro atoms. The molecular weight excluding hydrogens is 378 g/mol. The van der Waals surface area contributed by atoms with Gasteiger partial charge in [-0.2, -0.15) is 4.98 Å². The number of quaternary nitrogens is 1. The van der Waals surface area contributed by atoms with E-state index < -0.39 is 0 Å². The number of nitrogens with two attached hydrogens (primary N) is 1. The molecule has 8 heteroatoms. The van der Waals surface area contributed by atoms with Crippen molar-refractivity contribution in [2.75, 3.05) is 45.3 Å². The molecule has 3 N–H and O–H groups in total. The van der Waals surface area contributed by atoms with E-state index in [-0.39, 0.29) is 17.3 Å². The van der Waals surface area contributed by atoms with Crippen LogP contribution in [0.15, 0.2) is 41.2 Å². The number of nitrogens with one attached hydrogen (secondary N) is 1. The van der Waals surface area contributed by atoms with Crippen LogP contribution in [-0.4, -0.2) is 58.8 Å². The first-order valence-electron chi connectivity index (χ1n) is 10.2. The van der Waals surface area contributed by atoms with Gasteiger partial charge < -0.3 is 20.1 Å². The minimum Gasteiger partial charge on any atom is -0.368 e. The fourth-order valence-electron chi connectivity index (χ4n) is 3.22. The summed E-state index contributed by atoms with van der Waals surface area (Å²) in [6.07, 6.45) is 3.46. The third-order valence-electron chi connectivity index (χ3n) is 5.59. The van der Waals surface area contributed by atoms with Gasteiger partial charge in [0, 0.05) is 18.0 Å². The highest BCUT2D eigenvalue weighted by molar-refractivity contribution is 5.62. The number of rotatable bonds is 8. The largest absolute Gasteiger partial charge is 0.368 e. The molecule has 0 saturated heterocycles. The molecule has 3 aromatic rings. The van der Waals surface area contributed by atoms with E-state index in [1.807, 2.05) is 0 Å². The number of likely N-dealkylation sites (N-methyl/N-ethyl adjacent to an activating group) is 1. The second-order valence-corrected chi connectivity index (χ2v) is 9.13. The van der Waals surface area contributed by atoms with E-state index in [9.17, 15) is 0 Å². The molecule has 0 aliphatic heterocycles. The lowest BCUT2D eigenvalue weighted by Crippen LogP contribution is -2.38. The number of anilines is 2. The van der Waals surface area contributed by atoms with Crippen LogP contribution in [0.4, 0.5) is 12.0 Å². The van der Waals surface area contributed by atoms with Gasteiger partial charge in [-0.15, -0.1) is 0 Å². The summed E-state index contributed by atoms with van der Waals surface area (Å²) in [6.45, 7) is 8.21. The van der Waals surface area contributed by atoms with Crippen LogP contribution in [0.2, 0.25) is 0 Å². The number of nitrogens with zero attached hydrogens (tertiary/aromatic N) is 5. The third kappa shape index (κ3) is 4.76. The summed E-state index contributed by atoms with van der Waals surface area (Å²) in [5.41, 5.74) is 8.27. The summed E-state index contributed by atoms with van der Waals surface area (Å²) in [4.78, 5) is 12.8. The zero-order valence-electron chi connectivity index (χ0n) is 18.7. The Morgan fingerprint density at radius 3 is 2.27 bits per heavy atom. The molecule has 2 aromatic heterocycles. The fraction of sp³-hybridized carbons (Fsp3) is 0.455. The van der Waals surface area contributed by atoms with Gasteiger partial charge in [0.1, 0.15) is 0 Å². The summed E-state index contributed by atoms with van der Waals surface area (Å²) in [6, 6.07) is 8.79. The van der Waals surface area contributed by atoms with Gasteiger partial charge in [-0.05, 0) is 24.0 Å². The Morgan fingerprint density at radius 2 is 1.70 bits per heavy atom. The molecule has 0 fully saturated rings. The molecule has 0 amide bonds. The molecule has 0 radical (unpaired) electrons. The van der Waals surface area contributed by atoms with Crippen molar-refractivity contribution in [3.63, 3.8) is 0 Å². The van der Waals surface area contributed by atoms with Crippen LogP contribution in [0.1, 0.15) is 32.2 Å². The first-order valence-corrected chi connectivity index (χ1v) is 10.2. The normalized spacial score (nSPS) is 14.0. The molecule has 0 aliphatic carbocycles. The molecule has 1 unspecified atom stereocenters. The van der Waals surface area contributed by atoms with E-state index in [2.05, 4.69) is 91.6 Å². The summed E-state index contributed by atoms with van der Waals surface area (Å²) in [5, 5.41) is 7.54. The number of hydrogen-bond donors (Lipinski definition) is 2. The lowest BCUT2D eigenvalue weighted by atomic mass is 9.72. The first-order chi connectivity index (χ1) is 14.1. The number of hydrogen-bond acceptors (Lipinski definition) is 7. The summed E-state index contributed by atoms with van der Waals surface area (Å²) < 4.78 is 6.36. The summed E-state index contributed by atoms with van der Waals surface area (Å²) >= 11 is 0. The standard InChI is InChI=1S/C22H32N7O/c1-15(2)22(3,19-27-21(30-28-19)24-11-12-29(4,5)6)18-9-7-16(8-10-18)17-13-25-20(23)26-14-17/h7-10,13-15H,11-12H2,1-6H3,(H2,23,25,26)(H,24,27,28)/q+1. The van der Waals surface area contributed by atoms with Gasteiger partial charge in [0.25, 0.3) is 0 Å². The quantitative estimate of drug-likeness (QED) is 0.550. The topological polar surface area (TPSA) is 103 Å². The molecule has 2 heterocycles. The van der Waals surface area contributed by atoms with Crippen LogP contribution in [0.25, 0.3) is 11.1 Å². The highest BCUT2D eigenvalue weighted by atomic mass is 16.5. The van der Waals surface area contributed by atoms with Gasteiger partial charge in [0.05, 0.1) is 39.6 Å². The Balaban J connectivity index is 1.83. The van der Waals surface area contributed by atoms with Gasteiger partial charge in [-0.3, -0.25) is 0 Å². The van der Waals surface area contributed by atoms with E-state index in [4.69, 9.17) is 10.3 Å². The van der Waals surface area contributed by atoms with Gasteiger partial charge in [0.15, 0.2) is 5.82 Å². The van der Waals surface area contributed by atoms with Crippen LogP contribution in [0, 0.1) is 5.92 Å². The lowest BCUT2D eigenvalue weighted by Gasteiger charge is -2.31. The van der Waals surface area contributed by atoms with Crippen LogP contribution >= 0.6 is 0 Å². The second kappa shape index (κ2) is 8.39. The molecule has 1 aromatic carbocycles. The van der Waals surface area contributed by atoms with Crippen LogP contribution in [-0.2, 0) is 5.41 Å². The van der Waals surface area contributed by atoms with Crippen molar-refractivity contribution < 1.29 is 9.01 Å². The molecular formula is C22H32N7O+. The Kier molecular flexibility index (Phi) is 6.07. The van der Waals surface area contributed by atoms with Crippen LogP contribution in [0.3, 0.4) is 0 Å². The molecule has 30 heavy (non-hydrogen) atoms. The fourth-order valence-corrected chi connectivity index (χ4v) is 3.22. The van der Waals surface area contributed by atoms with Crippen LogP contribution < -0.4 is 11.1 Å². The summed E-state index contributed by atoms with van der Waals surface area (Å²) in [7, 11) is 6.45. The Hall–Kier alpha value is -3.00. The van der Waals surface area contributed by atoms with Crippen molar-refractivity contribution in [3.05, 3.63) is 48.0 Å². The highest BCUT2D eigenvalue weighted by Crippen LogP contribution is 2.38. The molecule has 8 nitrogen and oxygen atoms in total. The predicted molar refractivity (Wildman–Crippen MR) is 119 cm³/mol. The predicted octanol–water partition coefficient (Wildman–Crippen LogP) is 3.19. The van der Waals surface area contributed by atoms with E-state index in [0.29, 0.717) is 11.8 Å². The van der Waals surface area contributed by atoms with Crippen molar-refractivity contribution in [1.82, 2.24) is 20.1 Å². The van der Waals surface area contributed by atoms with Gasteiger partial charge in [-0.25, -0.2) is 9.97 Å². The molecule has 3 rings (SSSR count). The minimum atomic E-state index is -0.389. The Labute approximate surface area is 178 Å². The van der Waals surface area contributed by atoms with E-state index >= 15 is 0 Å². The summed E-state index contributed by atoms with van der Waals surface area (Å²) in [5.74, 6) is 1.21. The SMILES string of the molecule is CC(C)C(C)(c1ccc(-c2cnc(N)nc2)cc1)c1noc(NCC[N+](C)(C)C)n1. The van der Waals surface area contributed by atoms with Gasteiger partial charge >= 0.3 is 6.01 Å². The van der Waals surface area contributed by atoms with Crippen LogP contribution in [0.5, 0.6) is 0 Å². The van der Waals surface area contributed by atoms with E-state index in [1.165, 1.54) is 0 Å². The maximum Gasteiger partial charge on any atom is 0.321 e. The van der Waals surface area contributed by atoms with Crippen molar-refractivity contribution in [2.45, 2.75) is 26.2 Å². The molecule has 160 valence electrons. The maximum absolute atomic E-state index is 5.59. The lowest BCUT2D eigenvalue weighted by molar-refractivity contribution is -0.868. The van der Waals surface area contributed by atoms with Crippen molar-refractivity contribution in [1.29, 1.82) is 0 Å². The number of nitrogen functional groups attached to an aromatic ring is 1. The molecule has 1 atom stereocenters. The van der Waals surface area contributed by atoms with Gasteiger partial charge in [-0.1, -0.05) is 43.3 Å². The number of benzene rings is 1. The first kappa shape index (κ1) is 21.7. The average Bonchev–Trinajstić information content (AvgIpc) is 3.16. The number of aromatic nitrogens is 4. The molecule has 0 bridgehead atoms. The van der Waals surface area contributed by atoms with E-state index in [0.717, 1.165) is 34.3 Å². The smallest absolute Gasteiger partial charge is 0.321 e. The van der Waals surface area contributed by atoms with Crippen molar-refractivity contribution in [2.24, 2.45) is 5.92 Å². The average molecular weight is 411 g/mol. The zero-order chi connectivity index (χ0) is 21.9. The third-order valence-corrected chi connectivity index (χ3v) is 5.59. The van der Waals surface area contributed by atoms with Crippen molar-refractivity contribution in [3.8, 4) is 11.1 Å². The zero-order valence-corrected chi connectivity index (χ0v) is 18.7. The Morgan fingerprint density at radius 1 is 1.07 bits per heavy atom. The van der Waals surface area contributed by atoms with E-state index in [1.54, 1.807) is 12.4 Å². The highest BCUT2D eigenvalue weighted by Gasteiger charge is 2.37.